The van der Waals surface area contributed by atoms with Crippen LogP contribution in [0.15, 0.2) is 30.3 Å². The Morgan fingerprint density at radius 3 is 2.65 bits per heavy atom. The first-order valence-corrected chi connectivity index (χ1v) is 6.66. The summed E-state index contributed by atoms with van der Waals surface area (Å²) in [4.78, 5) is 25.0. The number of likely N-dealkylation sites (tertiary alicyclic amines) is 1. The highest BCUT2D eigenvalue weighted by Crippen LogP contribution is 2.15. The molecule has 20 heavy (non-hydrogen) atoms. The van der Waals surface area contributed by atoms with E-state index in [9.17, 15) is 14.7 Å². The summed E-state index contributed by atoms with van der Waals surface area (Å²) in [7, 11) is 0. The van der Waals surface area contributed by atoms with Gasteiger partial charge in [-0.3, -0.25) is 0 Å². The number of rotatable bonds is 3. The summed E-state index contributed by atoms with van der Waals surface area (Å²) >= 11 is 0. The molecule has 2 rings (SSSR count). The quantitative estimate of drug-likeness (QED) is 0.766. The van der Waals surface area contributed by atoms with Crippen LogP contribution in [0.25, 0.3) is 0 Å². The highest BCUT2D eigenvalue weighted by atomic mass is 16.4. The van der Waals surface area contributed by atoms with Crippen LogP contribution in [0.4, 0.5) is 4.79 Å². The van der Waals surface area contributed by atoms with E-state index in [4.69, 9.17) is 5.73 Å². The van der Waals surface area contributed by atoms with Gasteiger partial charge < -0.3 is 21.1 Å². The van der Waals surface area contributed by atoms with Crippen molar-refractivity contribution in [1.29, 1.82) is 0 Å². The molecule has 1 aliphatic rings. The third kappa shape index (κ3) is 3.48. The van der Waals surface area contributed by atoms with Crippen molar-refractivity contribution < 1.29 is 14.7 Å². The average Bonchev–Trinajstić information content (AvgIpc) is 2.45. The molecule has 1 saturated heterocycles. The predicted octanol–water partition coefficient (Wildman–Crippen LogP) is 0.945. The van der Waals surface area contributed by atoms with E-state index in [1.807, 2.05) is 0 Å². The zero-order valence-electron chi connectivity index (χ0n) is 11.2. The number of nitrogens with two attached hydrogens (primary N) is 1. The Balaban J connectivity index is 2.05. The monoisotopic (exact) mass is 277 g/mol. The van der Waals surface area contributed by atoms with Crippen LogP contribution >= 0.6 is 0 Å². The van der Waals surface area contributed by atoms with Crippen molar-refractivity contribution in [3.05, 3.63) is 35.9 Å². The number of nitrogens with one attached hydrogen (secondary N) is 1. The van der Waals surface area contributed by atoms with Crippen LogP contribution in [0.5, 0.6) is 0 Å². The second-order valence-corrected chi connectivity index (χ2v) is 4.98. The first kappa shape index (κ1) is 14.3. The highest BCUT2D eigenvalue weighted by Gasteiger charge is 2.27. The first-order chi connectivity index (χ1) is 9.58. The smallest absolute Gasteiger partial charge is 0.330 e. The van der Waals surface area contributed by atoms with E-state index in [2.05, 4.69) is 5.32 Å². The van der Waals surface area contributed by atoms with E-state index >= 15 is 0 Å². The molecule has 2 atom stereocenters. The summed E-state index contributed by atoms with van der Waals surface area (Å²) in [5, 5.41) is 11.8. The van der Waals surface area contributed by atoms with Crippen LogP contribution in [-0.4, -0.2) is 41.1 Å². The molecule has 6 heteroatoms. The van der Waals surface area contributed by atoms with Crippen molar-refractivity contribution in [2.24, 2.45) is 5.73 Å². The summed E-state index contributed by atoms with van der Waals surface area (Å²) < 4.78 is 0. The van der Waals surface area contributed by atoms with Gasteiger partial charge in [0.1, 0.15) is 0 Å². The maximum Gasteiger partial charge on any atom is 0.330 e. The van der Waals surface area contributed by atoms with Crippen LogP contribution in [-0.2, 0) is 4.79 Å². The lowest BCUT2D eigenvalue weighted by Crippen LogP contribution is -2.51. The Morgan fingerprint density at radius 2 is 2.05 bits per heavy atom. The third-order valence-electron chi connectivity index (χ3n) is 3.39. The molecule has 2 amide bonds. The highest BCUT2D eigenvalue weighted by molar-refractivity contribution is 5.83. The van der Waals surface area contributed by atoms with Gasteiger partial charge in [-0.05, 0) is 18.4 Å². The lowest BCUT2D eigenvalue weighted by atomic mass is 10.1. The van der Waals surface area contributed by atoms with Gasteiger partial charge in [0, 0.05) is 19.1 Å². The van der Waals surface area contributed by atoms with Gasteiger partial charge in [-0.1, -0.05) is 30.3 Å². The summed E-state index contributed by atoms with van der Waals surface area (Å²) in [5.41, 5.74) is 6.38. The fraction of sp³-hybridized carbons (Fsp3) is 0.429. The van der Waals surface area contributed by atoms with E-state index in [1.165, 1.54) is 0 Å². The van der Waals surface area contributed by atoms with Crippen LogP contribution in [0.3, 0.4) is 0 Å². The standard InChI is InChI=1S/C14H19N3O3/c15-11-7-4-8-17(9-11)14(20)16-12(13(18)19)10-5-2-1-3-6-10/h1-3,5-6,11-12H,4,7-9,15H2,(H,16,20)(H,18,19)/t11?,12-/m1/s1. The minimum Gasteiger partial charge on any atom is -0.479 e. The van der Waals surface area contributed by atoms with Gasteiger partial charge in [0.15, 0.2) is 6.04 Å². The van der Waals surface area contributed by atoms with E-state index < -0.39 is 12.0 Å². The second-order valence-electron chi connectivity index (χ2n) is 4.98. The zero-order valence-corrected chi connectivity index (χ0v) is 11.2. The summed E-state index contributed by atoms with van der Waals surface area (Å²) in [6, 6.07) is 7.20. The Labute approximate surface area is 117 Å². The average molecular weight is 277 g/mol. The van der Waals surface area contributed by atoms with Gasteiger partial charge in [-0.15, -0.1) is 0 Å². The molecule has 0 aliphatic carbocycles. The fourth-order valence-electron chi connectivity index (χ4n) is 2.34. The number of benzene rings is 1. The number of aliphatic carboxylic acids is 1. The lowest BCUT2D eigenvalue weighted by Gasteiger charge is -2.31. The number of piperidine rings is 1. The van der Waals surface area contributed by atoms with Gasteiger partial charge >= 0.3 is 12.0 Å². The number of carboxylic acids is 1. The Kier molecular flexibility index (Phi) is 4.57. The predicted molar refractivity (Wildman–Crippen MR) is 74.1 cm³/mol. The Morgan fingerprint density at radius 1 is 1.35 bits per heavy atom. The van der Waals surface area contributed by atoms with Gasteiger partial charge in [-0.2, -0.15) is 0 Å². The normalized spacial score (nSPS) is 20.2. The number of hydrogen-bond donors (Lipinski definition) is 3. The van der Waals surface area contributed by atoms with Gasteiger partial charge in [-0.25, -0.2) is 9.59 Å². The Bertz CT molecular complexity index is 478. The first-order valence-electron chi connectivity index (χ1n) is 6.66. The van der Waals surface area contributed by atoms with Crippen molar-refractivity contribution in [2.75, 3.05) is 13.1 Å². The molecule has 0 aromatic heterocycles. The van der Waals surface area contributed by atoms with E-state index in [0.29, 0.717) is 18.7 Å². The van der Waals surface area contributed by atoms with Crippen LogP contribution < -0.4 is 11.1 Å². The molecule has 6 nitrogen and oxygen atoms in total. The molecule has 0 saturated carbocycles. The molecule has 1 fully saturated rings. The molecule has 0 bridgehead atoms. The van der Waals surface area contributed by atoms with Crippen LogP contribution in [0.2, 0.25) is 0 Å². The van der Waals surface area contributed by atoms with Crippen LogP contribution in [0.1, 0.15) is 24.4 Å². The number of nitrogens with zero attached hydrogens (tertiary/aromatic N) is 1. The zero-order chi connectivity index (χ0) is 14.5. The van der Waals surface area contributed by atoms with E-state index in [1.54, 1.807) is 35.2 Å². The van der Waals surface area contributed by atoms with Gasteiger partial charge in [0.05, 0.1) is 0 Å². The maximum absolute atomic E-state index is 12.1. The number of carboxylic acid groups (broad SMARTS) is 1. The minimum atomic E-state index is -1.08. The molecule has 1 aromatic rings. The fourth-order valence-corrected chi connectivity index (χ4v) is 2.34. The van der Waals surface area contributed by atoms with Crippen molar-refractivity contribution in [1.82, 2.24) is 10.2 Å². The van der Waals surface area contributed by atoms with Crippen LogP contribution in [0, 0.1) is 0 Å². The number of urea groups is 1. The largest absolute Gasteiger partial charge is 0.479 e. The topological polar surface area (TPSA) is 95.7 Å². The number of carbonyl (C=O) groups is 2. The SMILES string of the molecule is NC1CCCN(C(=O)N[C@@H](C(=O)O)c2ccccc2)C1. The molecule has 1 heterocycles. The molecule has 1 aromatic carbocycles. The van der Waals surface area contributed by atoms with Crippen molar-refractivity contribution in [2.45, 2.75) is 24.9 Å². The Hall–Kier alpha value is -2.08. The number of amides is 2. The second kappa shape index (κ2) is 6.38. The van der Waals surface area contributed by atoms with Crippen molar-refractivity contribution in [3.8, 4) is 0 Å². The van der Waals surface area contributed by atoms with Gasteiger partial charge in [0.2, 0.25) is 0 Å². The molecule has 0 radical (unpaired) electrons. The minimum absolute atomic E-state index is 0.0329. The lowest BCUT2D eigenvalue weighted by molar-refractivity contribution is -0.139. The summed E-state index contributed by atoms with van der Waals surface area (Å²) in [6.07, 6.45) is 1.74. The third-order valence-corrected chi connectivity index (χ3v) is 3.39. The number of hydrogen-bond acceptors (Lipinski definition) is 3. The number of carbonyl (C=O) groups excluding carboxylic acids is 1. The molecular weight excluding hydrogens is 258 g/mol. The van der Waals surface area contributed by atoms with Crippen molar-refractivity contribution in [3.63, 3.8) is 0 Å². The molecule has 1 aliphatic heterocycles. The molecule has 1 unspecified atom stereocenters. The summed E-state index contributed by atoms with van der Waals surface area (Å²) in [6.45, 7) is 1.08. The van der Waals surface area contributed by atoms with Crippen molar-refractivity contribution >= 4 is 12.0 Å². The molecule has 0 spiro atoms. The van der Waals surface area contributed by atoms with E-state index in [-0.39, 0.29) is 12.1 Å². The molecular formula is C14H19N3O3. The molecule has 108 valence electrons. The summed E-state index contributed by atoms with van der Waals surface area (Å²) in [5.74, 6) is -1.08. The molecule has 4 N–H and O–H groups in total. The maximum atomic E-state index is 12.1. The van der Waals surface area contributed by atoms with Gasteiger partial charge in [0.25, 0.3) is 0 Å². The van der Waals surface area contributed by atoms with E-state index in [0.717, 1.165) is 12.8 Å².